The van der Waals surface area contributed by atoms with E-state index >= 15 is 0 Å². The van der Waals surface area contributed by atoms with Gasteiger partial charge in [-0.25, -0.2) is 8.78 Å². The highest BCUT2D eigenvalue weighted by atomic mass is 19.1. The Labute approximate surface area is 47.0 Å². The number of hydrogen-bond acceptors (Lipinski definition) is 1. The first-order chi connectivity index (χ1) is 3.72. The molecule has 0 radical (unpaired) electrons. The molecule has 0 spiro atoms. The zero-order valence-corrected chi connectivity index (χ0v) is 4.87. The van der Waals surface area contributed by atoms with Gasteiger partial charge in [-0.05, 0) is 6.92 Å². The number of allylic oxidation sites excluding steroid dienone is 2. The molecule has 0 unspecified atom stereocenters. The van der Waals surface area contributed by atoms with Crippen molar-refractivity contribution in [3.05, 3.63) is 11.6 Å². The first-order valence-corrected chi connectivity index (χ1v) is 2.17. The fraction of sp³-hybridized carbons (Fsp3) is 0.600. The van der Waals surface area contributed by atoms with E-state index in [9.17, 15) is 8.78 Å². The van der Waals surface area contributed by atoms with Crippen molar-refractivity contribution in [2.45, 2.75) is 6.92 Å². The molecule has 0 N–H and O–H groups in total. The van der Waals surface area contributed by atoms with Crippen LogP contribution < -0.4 is 0 Å². The maximum atomic E-state index is 11.9. The molecule has 48 valence electrons. The molecule has 3 heteroatoms. The third kappa shape index (κ3) is 1.91. The second-order valence-electron chi connectivity index (χ2n) is 1.29. The Morgan fingerprint density at radius 1 is 1.62 bits per heavy atom. The van der Waals surface area contributed by atoms with Crippen LogP contribution in [0.15, 0.2) is 11.6 Å². The van der Waals surface area contributed by atoms with Gasteiger partial charge in [0.25, 0.3) is 0 Å². The van der Waals surface area contributed by atoms with Gasteiger partial charge < -0.3 is 4.74 Å². The fourth-order valence-corrected chi connectivity index (χ4v) is 0.287. The molecule has 0 fully saturated rings. The van der Waals surface area contributed by atoms with Crippen molar-refractivity contribution in [3.8, 4) is 0 Å². The molecule has 0 rings (SSSR count). The van der Waals surface area contributed by atoms with E-state index in [1.54, 1.807) is 0 Å². The van der Waals surface area contributed by atoms with E-state index in [2.05, 4.69) is 4.74 Å². The summed E-state index contributed by atoms with van der Waals surface area (Å²) in [6, 6.07) is 0. The third-order valence-corrected chi connectivity index (χ3v) is 0.752. The van der Waals surface area contributed by atoms with Crippen LogP contribution in [0.4, 0.5) is 8.78 Å². The van der Waals surface area contributed by atoms with Crippen LogP contribution in [0.5, 0.6) is 0 Å². The summed E-state index contributed by atoms with van der Waals surface area (Å²) >= 11 is 0. The molecule has 0 heterocycles. The minimum Gasteiger partial charge on any atom is -0.496 e. The molecule has 0 bridgehead atoms. The Balaban J connectivity index is 3.86. The third-order valence-electron chi connectivity index (χ3n) is 0.752. The van der Waals surface area contributed by atoms with Crippen LogP contribution in [0.25, 0.3) is 0 Å². The summed E-state index contributed by atoms with van der Waals surface area (Å²) in [5, 5.41) is 0. The maximum absolute atomic E-state index is 11.9. The average Bonchev–Trinajstić information content (AvgIpc) is 1.69. The maximum Gasteiger partial charge on any atom is 0.158 e. The topological polar surface area (TPSA) is 9.23 Å². The Bertz CT molecular complexity index is 88.6. The van der Waals surface area contributed by atoms with Gasteiger partial charge in [-0.1, -0.05) is 0 Å². The molecule has 0 aromatic heterocycles. The molecule has 0 aromatic rings. The van der Waals surface area contributed by atoms with Crippen molar-refractivity contribution in [3.63, 3.8) is 0 Å². The quantitative estimate of drug-likeness (QED) is 0.507. The van der Waals surface area contributed by atoms with Crippen molar-refractivity contribution >= 4 is 0 Å². The van der Waals surface area contributed by atoms with E-state index in [0.717, 1.165) is 6.92 Å². The molecule has 0 saturated heterocycles. The van der Waals surface area contributed by atoms with Crippen LogP contribution in [0.3, 0.4) is 0 Å². The molecule has 0 aliphatic rings. The standard InChI is InChI=1S/C5H8F2O/c1-4(7)5(3-6)8-2/h3H2,1-2H3/b5-4-. The number of hydrogen-bond donors (Lipinski definition) is 0. The second kappa shape index (κ2) is 3.41. The second-order valence-corrected chi connectivity index (χ2v) is 1.29. The van der Waals surface area contributed by atoms with Gasteiger partial charge in [-0.3, -0.25) is 0 Å². The Morgan fingerprint density at radius 2 is 2.12 bits per heavy atom. The Morgan fingerprint density at radius 3 is 2.12 bits per heavy atom. The molecule has 0 aromatic carbocycles. The van der Waals surface area contributed by atoms with Gasteiger partial charge in [0.05, 0.1) is 7.11 Å². The van der Waals surface area contributed by atoms with E-state index in [1.807, 2.05) is 0 Å². The number of halogens is 2. The Hall–Kier alpha value is -0.600. The lowest BCUT2D eigenvalue weighted by molar-refractivity contribution is 0.241. The normalized spacial score (nSPS) is 13.0. The first kappa shape index (κ1) is 7.40. The predicted octanol–water partition coefficient (Wildman–Crippen LogP) is 1.80. The highest BCUT2D eigenvalue weighted by molar-refractivity contribution is 4.96. The summed E-state index contributed by atoms with van der Waals surface area (Å²) in [4.78, 5) is 0. The van der Waals surface area contributed by atoms with Gasteiger partial charge in [-0.2, -0.15) is 0 Å². The van der Waals surface area contributed by atoms with Gasteiger partial charge in [0.1, 0.15) is 12.5 Å². The summed E-state index contributed by atoms with van der Waals surface area (Å²) in [5.74, 6) is -0.833. The van der Waals surface area contributed by atoms with Crippen molar-refractivity contribution in [1.29, 1.82) is 0 Å². The van der Waals surface area contributed by atoms with Crippen molar-refractivity contribution in [2.75, 3.05) is 13.8 Å². The smallest absolute Gasteiger partial charge is 0.158 e. The van der Waals surface area contributed by atoms with Gasteiger partial charge in [-0.15, -0.1) is 0 Å². The van der Waals surface area contributed by atoms with Crippen LogP contribution in [-0.2, 0) is 4.74 Å². The van der Waals surface area contributed by atoms with Crippen molar-refractivity contribution in [2.24, 2.45) is 0 Å². The molecular weight excluding hydrogens is 114 g/mol. The lowest BCUT2D eigenvalue weighted by Gasteiger charge is -1.98. The summed E-state index contributed by atoms with van der Waals surface area (Å²) in [7, 11) is 1.23. The average molecular weight is 122 g/mol. The van der Waals surface area contributed by atoms with Gasteiger partial charge in [0.15, 0.2) is 5.76 Å². The molecule has 0 atom stereocenters. The van der Waals surface area contributed by atoms with E-state index in [0.29, 0.717) is 0 Å². The minimum atomic E-state index is -0.876. The van der Waals surface area contributed by atoms with Crippen LogP contribution in [0.1, 0.15) is 6.92 Å². The summed E-state index contributed by atoms with van der Waals surface area (Å²) in [6.07, 6.45) is 0. The summed E-state index contributed by atoms with van der Waals surface area (Å²) in [6.45, 7) is 0.275. The molecule has 0 aliphatic carbocycles. The molecule has 0 aliphatic heterocycles. The largest absolute Gasteiger partial charge is 0.496 e. The summed E-state index contributed by atoms with van der Waals surface area (Å²) < 4.78 is 27.7. The highest BCUT2D eigenvalue weighted by Crippen LogP contribution is 2.05. The number of methoxy groups -OCH3 is 1. The fourth-order valence-electron chi connectivity index (χ4n) is 0.287. The monoisotopic (exact) mass is 122 g/mol. The van der Waals surface area contributed by atoms with E-state index < -0.39 is 12.5 Å². The zero-order chi connectivity index (χ0) is 6.57. The van der Waals surface area contributed by atoms with Gasteiger partial charge in [0, 0.05) is 0 Å². The van der Waals surface area contributed by atoms with Crippen LogP contribution in [0.2, 0.25) is 0 Å². The van der Waals surface area contributed by atoms with Crippen molar-refractivity contribution < 1.29 is 13.5 Å². The Kier molecular flexibility index (Phi) is 3.15. The lowest BCUT2D eigenvalue weighted by Crippen LogP contribution is -1.89. The van der Waals surface area contributed by atoms with E-state index in [-0.39, 0.29) is 5.76 Å². The summed E-state index contributed by atoms with van der Waals surface area (Å²) in [5.41, 5.74) is 0. The van der Waals surface area contributed by atoms with Crippen molar-refractivity contribution in [1.82, 2.24) is 0 Å². The molecule has 1 nitrogen and oxygen atoms in total. The first-order valence-electron chi connectivity index (χ1n) is 2.17. The minimum absolute atomic E-state index is 0.231. The van der Waals surface area contributed by atoms with Crippen LogP contribution >= 0.6 is 0 Å². The molecule has 0 saturated carbocycles. The SMILES string of the molecule is CO/C(CF)=C(/C)F. The molecular formula is C5H8F2O. The van der Waals surface area contributed by atoms with E-state index in [1.165, 1.54) is 7.11 Å². The van der Waals surface area contributed by atoms with Gasteiger partial charge >= 0.3 is 0 Å². The number of ether oxygens (including phenoxy) is 1. The zero-order valence-electron chi connectivity index (χ0n) is 4.87. The van der Waals surface area contributed by atoms with Crippen LogP contribution in [0, 0.1) is 0 Å². The number of rotatable bonds is 2. The van der Waals surface area contributed by atoms with Crippen LogP contribution in [-0.4, -0.2) is 13.8 Å². The van der Waals surface area contributed by atoms with E-state index in [4.69, 9.17) is 0 Å². The predicted molar refractivity (Wildman–Crippen MR) is 26.8 cm³/mol. The molecule has 0 amide bonds. The lowest BCUT2D eigenvalue weighted by atomic mass is 10.5. The highest BCUT2D eigenvalue weighted by Gasteiger charge is 1.98. The van der Waals surface area contributed by atoms with Gasteiger partial charge in [0.2, 0.25) is 0 Å². The number of alkyl halides is 1. The molecule has 8 heavy (non-hydrogen) atoms.